The summed E-state index contributed by atoms with van der Waals surface area (Å²) in [5, 5.41) is 2.97. The third-order valence-corrected chi connectivity index (χ3v) is 6.42. The zero-order chi connectivity index (χ0) is 21.1. The molecule has 0 fully saturated rings. The van der Waals surface area contributed by atoms with Crippen LogP contribution in [0, 0.1) is 6.92 Å². The molecule has 0 aliphatic carbocycles. The van der Waals surface area contributed by atoms with Crippen molar-refractivity contribution in [1.29, 1.82) is 0 Å². The largest absolute Gasteiger partial charge is 0.451 e. The third-order valence-electron chi connectivity index (χ3n) is 4.47. The second-order valence-electron chi connectivity index (χ2n) is 6.58. The predicted octanol–water partition coefficient (Wildman–Crippen LogP) is 4.94. The van der Waals surface area contributed by atoms with Crippen LogP contribution in [0.5, 0.6) is 0 Å². The van der Waals surface area contributed by atoms with Crippen molar-refractivity contribution in [1.82, 2.24) is 9.97 Å². The number of rotatable bonds is 6. The summed E-state index contributed by atoms with van der Waals surface area (Å²) in [5.74, 6) is -0.933. The molecule has 2 aromatic heterocycles. The van der Waals surface area contributed by atoms with Gasteiger partial charge in [-0.15, -0.1) is 11.3 Å². The molecule has 2 heterocycles. The highest BCUT2D eigenvalue weighted by Crippen LogP contribution is 2.28. The smallest absolute Gasteiger partial charge is 0.358 e. The number of carbonyl (C=O) groups excluding carboxylic acids is 2. The number of fused-ring (bicyclic) bond motifs is 1. The van der Waals surface area contributed by atoms with Crippen LogP contribution in [0.15, 0.2) is 53.9 Å². The van der Waals surface area contributed by atoms with Gasteiger partial charge in [0.25, 0.3) is 5.91 Å². The summed E-state index contributed by atoms with van der Waals surface area (Å²) < 4.78 is 6.23. The zero-order valence-electron chi connectivity index (χ0n) is 16.5. The highest BCUT2D eigenvalue weighted by atomic mass is 32.1. The second-order valence-corrected chi connectivity index (χ2v) is 8.45. The fourth-order valence-corrected chi connectivity index (χ4v) is 4.71. The highest BCUT2D eigenvalue weighted by Gasteiger charge is 2.21. The number of likely N-dealkylation sites (N-methyl/N-ethyl adjacent to an activating group) is 1. The maximum Gasteiger partial charge on any atom is 0.358 e. The van der Waals surface area contributed by atoms with Crippen LogP contribution in [-0.4, -0.2) is 35.0 Å². The molecule has 8 heteroatoms. The Morgan fingerprint density at radius 3 is 2.57 bits per heavy atom. The van der Waals surface area contributed by atoms with E-state index in [1.807, 2.05) is 62.4 Å². The molecule has 0 spiro atoms. The van der Waals surface area contributed by atoms with E-state index >= 15 is 0 Å². The molecule has 0 saturated carbocycles. The molecule has 0 bridgehead atoms. The molecule has 0 unspecified atom stereocenters. The summed E-state index contributed by atoms with van der Waals surface area (Å²) >= 11 is 2.80. The molecule has 2 aromatic carbocycles. The SMILES string of the molecule is CCN(C(=O)COC(=O)c1csc(-c2ccc(C)cc2)n1)c1nc2ccccc2s1. The Hall–Kier alpha value is -3.10. The Balaban J connectivity index is 1.41. The van der Waals surface area contributed by atoms with Crippen LogP contribution in [0.2, 0.25) is 0 Å². The summed E-state index contributed by atoms with van der Waals surface area (Å²) in [4.78, 5) is 35.4. The van der Waals surface area contributed by atoms with Gasteiger partial charge in [-0.2, -0.15) is 0 Å². The van der Waals surface area contributed by atoms with E-state index in [0.717, 1.165) is 26.4 Å². The number of ether oxygens (including phenoxy) is 1. The van der Waals surface area contributed by atoms with E-state index in [-0.39, 0.29) is 18.2 Å². The monoisotopic (exact) mass is 437 g/mol. The Morgan fingerprint density at radius 1 is 1.07 bits per heavy atom. The van der Waals surface area contributed by atoms with Gasteiger partial charge in [-0.05, 0) is 26.0 Å². The Bertz CT molecular complexity index is 1160. The zero-order valence-corrected chi connectivity index (χ0v) is 18.1. The van der Waals surface area contributed by atoms with E-state index in [2.05, 4.69) is 9.97 Å². The number of thiazole rings is 2. The van der Waals surface area contributed by atoms with Crippen molar-refractivity contribution in [3.63, 3.8) is 0 Å². The number of carbonyl (C=O) groups is 2. The lowest BCUT2D eigenvalue weighted by atomic mass is 10.2. The van der Waals surface area contributed by atoms with Crippen LogP contribution in [0.1, 0.15) is 23.0 Å². The minimum absolute atomic E-state index is 0.200. The van der Waals surface area contributed by atoms with E-state index in [0.29, 0.717) is 11.7 Å². The molecule has 0 saturated heterocycles. The standard InChI is InChI=1S/C22H19N3O3S2/c1-3-25(22-24-16-6-4-5-7-18(16)30-22)19(26)12-28-21(27)17-13-29-20(23-17)15-10-8-14(2)9-11-15/h4-11,13H,3,12H2,1-2H3. The molecule has 0 aliphatic heterocycles. The van der Waals surface area contributed by atoms with Crippen LogP contribution < -0.4 is 4.90 Å². The first kappa shape index (κ1) is 20.2. The molecule has 4 rings (SSSR count). The molecule has 6 nitrogen and oxygen atoms in total. The highest BCUT2D eigenvalue weighted by molar-refractivity contribution is 7.22. The number of hydrogen-bond acceptors (Lipinski definition) is 7. The molecule has 1 amide bonds. The molecule has 4 aromatic rings. The molecule has 0 radical (unpaired) electrons. The van der Waals surface area contributed by atoms with Crippen molar-refractivity contribution >= 4 is 49.9 Å². The van der Waals surface area contributed by atoms with E-state index in [9.17, 15) is 9.59 Å². The maximum atomic E-state index is 12.6. The first-order valence-corrected chi connectivity index (χ1v) is 11.1. The van der Waals surface area contributed by atoms with Gasteiger partial charge in [-0.25, -0.2) is 14.8 Å². The molecule has 0 aliphatic rings. The summed E-state index contributed by atoms with van der Waals surface area (Å²) in [6.45, 7) is 3.95. The maximum absolute atomic E-state index is 12.6. The summed E-state index contributed by atoms with van der Waals surface area (Å²) in [6.07, 6.45) is 0. The average molecular weight is 438 g/mol. The van der Waals surface area contributed by atoms with Crippen molar-refractivity contribution in [2.24, 2.45) is 0 Å². The Morgan fingerprint density at radius 2 is 1.83 bits per heavy atom. The van der Waals surface area contributed by atoms with E-state index in [4.69, 9.17) is 4.74 Å². The van der Waals surface area contributed by atoms with Crippen LogP contribution in [0.3, 0.4) is 0 Å². The minimum Gasteiger partial charge on any atom is -0.451 e. The van der Waals surface area contributed by atoms with Gasteiger partial charge in [-0.3, -0.25) is 9.69 Å². The average Bonchev–Trinajstić information content (AvgIpc) is 3.40. The van der Waals surface area contributed by atoms with Crippen LogP contribution in [-0.2, 0) is 9.53 Å². The predicted molar refractivity (Wildman–Crippen MR) is 120 cm³/mol. The normalized spacial score (nSPS) is 10.9. The van der Waals surface area contributed by atoms with Gasteiger partial charge in [0.2, 0.25) is 0 Å². The molecular formula is C22H19N3O3S2. The first-order valence-electron chi connectivity index (χ1n) is 9.41. The first-order chi connectivity index (χ1) is 14.5. The molecule has 0 N–H and O–H groups in total. The number of aryl methyl sites for hydroxylation is 1. The molecule has 30 heavy (non-hydrogen) atoms. The van der Waals surface area contributed by atoms with Crippen molar-refractivity contribution in [3.8, 4) is 10.6 Å². The topological polar surface area (TPSA) is 72.4 Å². The van der Waals surface area contributed by atoms with Gasteiger partial charge in [0.1, 0.15) is 5.01 Å². The fraction of sp³-hybridized carbons (Fsp3) is 0.182. The second kappa shape index (κ2) is 8.73. The van der Waals surface area contributed by atoms with Crippen molar-refractivity contribution in [2.45, 2.75) is 13.8 Å². The van der Waals surface area contributed by atoms with Gasteiger partial charge in [0.15, 0.2) is 17.4 Å². The summed E-state index contributed by atoms with van der Waals surface area (Å²) in [5.41, 5.74) is 3.13. The van der Waals surface area contributed by atoms with Crippen LogP contribution >= 0.6 is 22.7 Å². The van der Waals surface area contributed by atoms with Gasteiger partial charge < -0.3 is 4.74 Å². The van der Waals surface area contributed by atoms with Crippen molar-refractivity contribution < 1.29 is 14.3 Å². The van der Waals surface area contributed by atoms with E-state index in [1.165, 1.54) is 27.6 Å². The number of anilines is 1. The Labute approximate surface area is 181 Å². The third kappa shape index (κ3) is 4.24. The lowest BCUT2D eigenvalue weighted by Crippen LogP contribution is -2.34. The number of benzene rings is 2. The molecule has 152 valence electrons. The van der Waals surface area contributed by atoms with Crippen molar-refractivity contribution in [2.75, 3.05) is 18.1 Å². The number of aromatic nitrogens is 2. The fourth-order valence-electron chi connectivity index (χ4n) is 2.87. The van der Waals surface area contributed by atoms with Gasteiger partial charge in [0, 0.05) is 17.5 Å². The van der Waals surface area contributed by atoms with Gasteiger partial charge in [-0.1, -0.05) is 53.3 Å². The van der Waals surface area contributed by atoms with Crippen molar-refractivity contribution in [3.05, 3.63) is 65.2 Å². The lowest BCUT2D eigenvalue weighted by Gasteiger charge is -2.17. The van der Waals surface area contributed by atoms with E-state index in [1.54, 1.807) is 5.38 Å². The van der Waals surface area contributed by atoms with Gasteiger partial charge in [0.05, 0.1) is 10.2 Å². The quantitative estimate of drug-likeness (QED) is 0.400. The van der Waals surface area contributed by atoms with Crippen LogP contribution in [0.4, 0.5) is 5.13 Å². The summed E-state index contributed by atoms with van der Waals surface area (Å²) in [6, 6.07) is 15.6. The number of amides is 1. The van der Waals surface area contributed by atoms with E-state index < -0.39 is 5.97 Å². The Kier molecular flexibility index (Phi) is 5.87. The number of esters is 1. The van der Waals surface area contributed by atoms with Gasteiger partial charge >= 0.3 is 5.97 Å². The lowest BCUT2D eigenvalue weighted by molar-refractivity contribution is -0.121. The number of para-hydroxylation sites is 1. The summed E-state index contributed by atoms with van der Waals surface area (Å²) in [7, 11) is 0. The van der Waals surface area contributed by atoms with Crippen LogP contribution in [0.25, 0.3) is 20.8 Å². The molecular weight excluding hydrogens is 418 g/mol. The number of nitrogens with zero attached hydrogens (tertiary/aromatic N) is 3. The molecule has 0 atom stereocenters. The number of hydrogen-bond donors (Lipinski definition) is 0. The minimum atomic E-state index is -0.613.